The van der Waals surface area contributed by atoms with Crippen molar-refractivity contribution in [1.29, 1.82) is 0 Å². The van der Waals surface area contributed by atoms with Crippen LogP contribution in [0.4, 0.5) is 24.7 Å². The summed E-state index contributed by atoms with van der Waals surface area (Å²) in [4.78, 5) is 41.3. The first-order chi connectivity index (χ1) is 15.6. The Hall–Kier alpha value is -3.47. The lowest BCUT2D eigenvalue weighted by Crippen LogP contribution is -2.41. The van der Waals surface area contributed by atoms with E-state index in [2.05, 4.69) is 4.98 Å². The second-order valence-electron chi connectivity index (χ2n) is 7.02. The minimum absolute atomic E-state index is 0.0683. The van der Waals surface area contributed by atoms with Crippen molar-refractivity contribution in [3.63, 3.8) is 0 Å². The molecule has 1 aromatic heterocycles. The normalized spacial score (nSPS) is 11.4. The second kappa shape index (κ2) is 9.99. The lowest BCUT2D eigenvalue weighted by atomic mass is 10.2. The van der Waals surface area contributed by atoms with Crippen LogP contribution < -0.4 is 21.9 Å². The number of carbonyl (C=O) groups is 1. The number of alkyl halides is 3. The lowest BCUT2D eigenvalue weighted by molar-refractivity contribution is -0.137. The number of aromatic nitrogens is 2. The van der Waals surface area contributed by atoms with Gasteiger partial charge in [0.25, 0.3) is 5.56 Å². The largest absolute Gasteiger partial charge is 0.416 e. The van der Waals surface area contributed by atoms with Crippen LogP contribution in [0.5, 0.6) is 0 Å². The van der Waals surface area contributed by atoms with Gasteiger partial charge in [0.05, 0.1) is 17.9 Å². The number of amides is 1. The van der Waals surface area contributed by atoms with Crippen LogP contribution in [-0.2, 0) is 17.5 Å². The number of aromatic amines is 1. The second-order valence-corrected chi connectivity index (χ2v) is 8.07. The maximum atomic E-state index is 12.9. The molecule has 0 spiro atoms. The number of nitrogens with two attached hydrogens (primary N) is 1. The van der Waals surface area contributed by atoms with Gasteiger partial charge in [-0.3, -0.25) is 19.1 Å². The number of carbonyl (C=O) groups excluding carboxylic acids is 1. The molecule has 0 aliphatic rings. The SMILES string of the molecule is CCN(C(=O)CSc1cccc(C(F)(F)F)c1)c1c(N)n(Cc2ccccc2)c(=O)[nH]c1=O. The first-order valence-corrected chi connectivity index (χ1v) is 10.9. The molecule has 0 fully saturated rings. The first kappa shape index (κ1) is 24.2. The van der Waals surface area contributed by atoms with E-state index in [0.29, 0.717) is 0 Å². The standard InChI is InChI=1S/C22H21F3N4O3S/c1-2-28(17(30)13-33-16-10-6-9-15(11-16)22(23,24)25)18-19(26)29(21(32)27-20(18)31)12-14-7-4-3-5-8-14/h3-11H,2,12-13,26H2,1H3,(H,27,31,32). The van der Waals surface area contributed by atoms with Crippen molar-refractivity contribution in [2.75, 3.05) is 22.9 Å². The van der Waals surface area contributed by atoms with E-state index in [0.717, 1.165) is 38.9 Å². The highest BCUT2D eigenvalue weighted by Crippen LogP contribution is 2.32. The highest BCUT2D eigenvalue weighted by molar-refractivity contribution is 8.00. The molecule has 0 radical (unpaired) electrons. The van der Waals surface area contributed by atoms with Crippen molar-refractivity contribution in [2.45, 2.75) is 24.5 Å². The molecule has 11 heteroatoms. The van der Waals surface area contributed by atoms with Gasteiger partial charge in [0.1, 0.15) is 5.82 Å². The molecule has 0 atom stereocenters. The molecule has 3 N–H and O–H groups in total. The number of hydrogen-bond acceptors (Lipinski definition) is 5. The van der Waals surface area contributed by atoms with Crippen molar-refractivity contribution in [1.82, 2.24) is 9.55 Å². The minimum Gasteiger partial charge on any atom is -0.383 e. The monoisotopic (exact) mass is 478 g/mol. The molecule has 2 aromatic carbocycles. The summed E-state index contributed by atoms with van der Waals surface area (Å²) in [7, 11) is 0. The van der Waals surface area contributed by atoms with Gasteiger partial charge in [-0.2, -0.15) is 13.2 Å². The van der Waals surface area contributed by atoms with Crippen LogP contribution in [0.25, 0.3) is 0 Å². The van der Waals surface area contributed by atoms with Gasteiger partial charge in [-0.15, -0.1) is 11.8 Å². The predicted octanol–water partition coefficient (Wildman–Crippen LogP) is 3.33. The minimum atomic E-state index is -4.50. The van der Waals surface area contributed by atoms with Crippen LogP contribution >= 0.6 is 11.8 Å². The molecule has 3 aromatic rings. The summed E-state index contributed by atoms with van der Waals surface area (Å²) in [6, 6.07) is 13.6. The fourth-order valence-corrected chi connectivity index (χ4v) is 4.04. The Morgan fingerprint density at radius 2 is 1.82 bits per heavy atom. The smallest absolute Gasteiger partial charge is 0.383 e. The molecule has 33 heavy (non-hydrogen) atoms. The third-order valence-electron chi connectivity index (χ3n) is 4.81. The Bertz CT molecular complexity index is 1260. The Kier molecular flexibility index (Phi) is 7.32. The maximum absolute atomic E-state index is 12.9. The van der Waals surface area contributed by atoms with E-state index in [1.165, 1.54) is 12.1 Å². The highest BCUT2D eigenvalue weighted by atomic mass is 32.2. The van der Waals surface area contributed by atoms with Crippen molar-refractivity contribution < 1.29 is 18.0 Å². The number of anilines is 2. The number of nitrogens with zero attached hydrogens (tertiary/aromatic N) is 2. The van der Waals surface area contributed by atoms with Gasteiger partial charge in [0.15, 0.2) is 5.69 Å². The van der Waals surface area contributed by atoms with Crippen LogP contribution in [0.3, 0.4) is 0 Å². The van der Waals surface area contributed by atoms with E-state index in [-0.39, 0.29) is 35.2 Å². The quantitative estimate of drug-likeness (QED) is 0.508. The average Bonchev–Trinajstić information content (AvgIpc) is 2.78. The van der Waals surface area contributed by atoms with Crippen LogP contribution in [-0.4, -0.2) is 27.8 Å². The number of thioether (sulfide) groups is 1. The van der Waals surface area contributed by atoms with Gasteiger partial charge in [-0.25, -0.2) is 4.79 Å². The van der Waals surface area contributed by atoms with Crippen LogP contribution in [0.2, 0.25) is 0 Å². The number of H-pyrrole nitrogens is 1. The zero-order valence-corrected chi connectivity index (χ0v) is 18.4. The van der Waals surface area contributed by atoms with Crippen molar-refractivity contribution >= 4 is 29.2 Å². The summed E-state index contributed by atoms with van der Waals surface area (Å²) < 4.78 is 39.9. The van der Waals surface area contributed by atoms with Gasteiger partial charge in [-0.1, -0.05) is 36.4 Å². The molecule has 1 heterocycles. The fourth-order valence-electron chi connectivity index (χ4n) is 3.21. The number of nitrogens with one attached hydrogen (secondary N) is 1. The van der Waals surface area contributed by atoms with E-state index in [4.69, 9.17) is 5.73 Å². The number of rotatable bonds is 7. The number of nitrogen functional groups attached to an aromatic ring is 1. The Morgan fingerprint density at radius 3 is 2.45 bits per heavy atom. The molecular weight excluding hydrogens is 457 g/mol. The summed E-state index contributed by atoms with van der Waals surface area (Å²) in [5.74, 6) is -0.944. The van der Waals surface area contributed by atoms with Gasteiger partial charge in [0, 0.05) is 11.4 Å². The van der Waals surface area contributed by atoms with Crippen molar-refractivity contribution in [2.24, 2.45) is 0 Å². The third kappa shape index (κ3) is 5.67. The topological polar surface area (TPSA) is 101 Å². The van der Waals surface area contributed by atoms with Gasteiger partial charge < -0.3 is 10.6 Å². The summed E-state index contributed by atoms with van der Waals surface area (Å²) in [6.45, 7) is 1.77. The summed E-state index contributed by atoms with van der Waals surface area (Å²) >= 11 is 0.906. The molecule has 0 aliphatic carbocycles. The molecule has 0 aliphatic heterocycles. The van der Waals surface area contributed by atoms with Crippen LogP contribution in [0.15, 0.2) is 69.1 Å². The molecule has 174 valence electrons. The van der Waals surface area contributed by atoms with E-state index in [1.54, 1.807) is 31.2 Å². The fraction of sp³-hybridized carbons (Fsp3) is 0.227. The van der Waals surface area contributed by atoms with Crippen molar-refractivity contribution in [3.8, 4) is 0 Å². The van der Waals surface area contributed by atoms with E-state index in [9.17, 15) is 27.6 Å². The van der Waals surface area contributed by atoms with Crippen LogP contribution in [0.1, 0.15) is 18.1 Å². The zero-order chi connectivity index (χ0) is 24.2. The molecule has 1 amide bonds. The lowest BCUT2D eigenvalue weighted by Gasteiger charge is -2.23. The first-order valence-electron chi connectivity index (χ1n) is 9.88. The highest BCUT2D eigenvalue weighted by Gasteiger charge is 2.30. The molecule has 0 saturated carbocycles. The van der Waals surface area contributed by atoms with Crippen molar-refractivity contribution in [3.05, 3.63) is 86.6 Å². The molecule has 3 rings (SSSR count). The summed E-state index contributed by atoms with van der Waals surface area (Å²) in [6.07, 6.45) is -4.50. The maximum Gasteiger partial charge on any atom is 0.416 e. The molecule has 0 saturated heterocycles. The predicted molar refractivity (Wildman–Crippen MR) is 121 cm³/mol. The van der Waals surface area contributed by atoms with Gasteiger partial charge in [-0.05, 0) is 30.7 Å². The summed E-state index contributed by atoms with van der Waals surface area (Å²) in [5, 5.41) is 0. The molecule has 7 nitrogen and oxygen atoms in total. The third-order valence-corrected chi connectivity index (χ3v) is 5.79. The molecular formula is C22H21F3N4O3S. The van der Waals surface area contributed by atoms with Gasteiger partial charge >= 0.3 is 11.9 Å². The number of halogens is 3. The van der Waals surface area contributed by atoms with E-state index >= 15 is 0 Å². The Morgan fingerprint density at radius 1 is 1.12 bits per heavy atom. The Labute approximate surface area is 191 Å². The number of hydrogen-bond donors (Lipinski definition) is 2. The molecule has 0 bridgehead atoms. The zero-order valence-electron chi connectivity index (χ0n) is 17.6. The summed E-state index contributed by atoms with van der Waals surface area (Å²) in [5.41, 5.74) is 4.37. The van der Waals surface area contributed by atoms with Crippen LogP contribution in [0, 0.1) is 0 Å². The Balaban J connectivity index is 1.86. The van der Waals surface area contributed by atoms with E-state index in [1.807, 2.05) is 6.07 Å². The number of benzene rings is 2. The molecule has 0 unspecified atom stereocenters. The van der Waals surface area contributed by atoms with E-state index < -0.39 is 28.9 Å². The average molecular weight is 478 g/mol. The van der Waals surface area contributed by atoms with Gasteiger partial charge in [0.2, 0.25) is 5.91 Å².